The number of ether oxygens (including phenoxy) is 3. The molecule has 1 unspecified atom stereocenters. The third kappa shape index (κ3) is 7.53. The van der Waals surface area contributed by atoms with E-state index >= 15 is 0 Å². The van der Waals surface area contributed by atoms with Crippen LogP contribution in [0.3, 0.4) is 0 Å². The molecule has 0 saturated carbocycles. The number of hydrogen-bond acceptors (Lipinski definition) is 4. The summed E-state index contributed by atoms with van der Waals surface area (Å²) in [7, 11) is 1.39. The van der Waals surface area contributed by atoms with E-state index in [0.29, 0.717) is 12.7 Å². The van der Waals surface area contributed by atoms with Crippen molar-refractivity contribution in [1.82, 2.24) is 0 Å². The Balaban J connectivity index is 1.85. The maximum atomic E-state index is 11.4. The van der Waals surface area contributed by atoms with E-state index in [1.165, 1.54) is 39.2 Å². The molecule has 1 rings (SSSR count). The Morgan fingerprint density at radius 2 is 1.74 bits per heavy atom. The van der Waals surface area contributed by atoms with Crippen molar-refractivity contribution < 1.29 is 19.0 Å². The summed E-state index contributed by atoms with van der Waals surface area (Å²) in [4.78, 5) is 11.4. The predicted octanol–water partition coefficient (Wildman–Crippen LogP) is 3.08. The molecule has 1 aliphatic heterocycles. The molecule has 1 saturated heterocycles. The summed E-state index contributed by atoms with van der Waals surface area (Å²) >= 11 is 0. The highest BCUT2D eigenvalue weighted by molar-refractivity contribution is 5.78. The van der Waals surface area contributed by atoms with Crippen LogP contribution in [0.25, 0.3) is 0 Å². The van der Waals surface area contributed by atoms with Crippen molar-refractivity contribution >= 4 is 5.97 Å². The molecule has 1 heterocycles. The van der Waals surface area contributed by atoms with E-state index in [-0.39, 0.29) is 5.97 Å². The van der Waals surface area contributed by atoms with Gasteiger partial charge in [-0.2, -0.15) is 0 Å². The van der Waals surface area contributed by atoms with Crippen molar-refractivity contribution in [3.05, 3.63) is 0 Å². The number of esters is 1. The maximum absolute atomic E-state index is 11.4. The maximum Gasteiger partial charge on any atom is 0.337 e. The molecule has 0 spiro atoms. The molecule has 1 aliphatic rings. The molecule has 1 atom stereocenters. The van der Waals surface area contributed by atoms with E-state index in [9.17, 15) is 4.79 Å². The van der Waals surface area contributed by atoms with Crippen LogP contribution in [-0.2, 0) is 19.0 Å². The van der Waals surface area contributed by atoms with Gasteiger partial charge in [0.25, 0.3) is 0 Å². The summed E-state index contributed by atoms with van der Waals surface area (Å²) in [6.45, 7) is 5.10. The van der Waals surface area contributed by atoms with Gasteiger partial charge in [0.15, 0.2) is 5.60 Å². The molecule has 112 valence electrons. The molecule has 1 fully saturated rings. The summed E-state index contributed by atoms with van der Waals surface area (Å²) in [5, 5.41) is 0. The number of hydrogen-bond donors (Lipinski definition) is 0. The third-order valence-electron chi connectivity index (χ3n) is 3.46. The molecule has 4 nitrogen and oxygen atoms in total. The van der Waals surface area contributed by atoms with Gasteiger partial charge in [0.2, 0.25) is 0 Å². The lowest BCUT2D eigenvalue weighted by Gasteiger charge is -2.22. The zero-order valence-electron chi connectivity index (χ0n) is 12.6. The van der Waals surface area contributed by atoms with Crippen LogP contribution in [0.2, 0.25) is 0 Å². The number of carbonyl (C=O) groups is 1. The first-order valence-electron chi connectivity index (χ1n) is 7.40. The lowest BCUT2D eigenvalue weighted by atomic mass is 10.1. The molecule has 19 heavy (non-hydrogen) atoms. The van der Waals surface area contributed by atoms with Gasteiger partial charge in [0.05, 0.1) is 19.8 Å². The van der Waals surface area contributed by atoms with Crippen LogP contribution in [0.4, 0.5) is 0 Å². The highest BCUT2D eigenvalue weighted by Gasteiger charge is 2.29. The predicted molar refractivity (Wildman–Crippen MR) is 74.1 cm³/mol. The molecular weight excluding hydrogens is 244 g/mol. The largest absolute Gasteiger partial charge is 0.467 e. The Kier molecular flexibility index (Phi) is 7.39. The Hall–Kier alpha value is -0.610. The number of rotatable bonds is 11. The second-order valence-corrected chi connectivity index (χ2v) is 5.72. The van der Waals surface area contributed by atoms with E-state index in [1.54, 1.807) is 13.8 Å². The fraction of sp³-hybridized carbons (Fsp3) is 0.933. The van der Waals surface area contributed by atoms with Crippen LogP contribution in [0, 0.1) is 0 Å². The molecule has 0 bridgehead atoms. The highest BCUT2D eigenvalue weighted by atomic mass is 16.6. The van der Waals surface area contributed by atoms with Crippen molar-refractivity contribution in [2.45, 2.75) is 70.5 Å². The summed E-state index contributed by atoms with van der Waals surface area (Å²) in [6.07, 6.45) is 9.10. The first kappa shape index (κ1) is 16.4. The topological polar surface area (TPSA) is 48.1 Å². The van der Waals surface area contributed by atoms with Gasteiger partial charge >= 0.3 is 5.97 Å². The first-order valence-corrected chi connectivity index (χ1v) is 7.40. The Labute approximate surface area is 116 Å². The smallest absolute Gasteiger partial charge is 0.337 e. The number of unbranched alkanes of at least 4 members (excludes halogenated alkanes) is 5. The number of methoxy groups -OCH3 is 1. The molecular formula is C15H28O4. The summed E-state index contributed by atoms with van der Waals surface area (Å²) in [5.74, 6) is -0.310. The molecule has 0 aromatic carbocycles. The lowest BCUT2D eigenvalue weighted by molar-refractivity contribution is -0.165. The summed E-state index contributed by atoms with van der Waals surface area (Å²) in [6, 6.07) is 0. The van der Waals surface area contributed by atoms with E-state index in [4.69, 9.17) is 9.47 Å². The molecule has 0 aliphatic carbocycles. The van der Waals surface area contributed by atoms with E-state index in [0.717, 1.165) is 19.4 Å². The molecule has 0 aromatic rings. The zero-order valence-corrected chi connectivity index (χ0v) is 12.6. The summed E-state index contributed by atoms with van der Waals surface area (Å²) in [5.41, 5.74) is -0.820. The minimum Gasteiger partial charge on any atom is -0.467 e. The molecule has 4 heteroatoms. The van der Waals surface area contributed by atoms with Gasteiger partial charge in [0, 0.05) is 6.61 Å². The fourth-order valence-corrected chi connectivity index (χ4v) is 2.05. The van der Waals surface area contributed by atoms with Gasteiger partial charge in [0.1, 0.15) is 0 Å². The van der Waals surface area contributed by atoms with Crippen LogP contribution < -0.4 is 0 Å². The van der Waals surface area contributed by atoms with Crippen LogP contribution in [0.15, 0.2) is 0 Å². The minimum absolute atomic E-state index is 0.310. The van der Waals surface area contributed by atoms with Crippen LogP contribution >= 0.6 is 0 Å². The molecule has 0 aromatic heterocycles. The van der Waals surface area contributed by atoms with Crippen LogP contribution in [0.1, 0.15) is 58.8 Å². The van der Waals surface area contributed by atoms with Gasteiger partial charge in [-0.3, -0.25) is 0 Å². The molecule has 0 amide bonds. The Bertz CT molecular complexity index is 259. The highest BCUT2D eigenvalue weighted by Crippen LogP contribution is 2.18. The Morgan fingerprint density at radius 3 is 2.32 bits per heavy atom. The van der Waals surface area contributed by atoms with Gasteiger partial charge < -0.3 is 14.2 Å². The first-order chi connectivity index (χ1) is 9.06. The van der Waals surface area contributed by atoms with Crippen molar-refractivity contribution in [3.63, 3.8) is 0 Å². The standard InChI is InChI=1S/C15H28O4/c1-15(2,14(16)17-3)19-11-9-7-5-4-6-8-10-13-12-18-13/h13H,4-12H2,1-3H3. The normalized spacial score (nSPS) is 18.4. The quantitative estimate of drug-likeness (QED) is 0.329. The van der Waals surface area contributed by atoms with Crippen molar-refractivity contribution in [3.8, 4) is 0 Å². The number of epoxide rings is 1. The van der Waals surface area contributed by atoms with E-state index in [1.807, 2.05) is 0 Å². The third-order valence-corrected chi connectivity index (χ3v) is 3.46. The lowest BCUT2D eigenvalue weighted by Crippen LogP contribution is -2.36. The zero-order chi connectivity index (χ0) is 14.1. The van der Waals surface area contributed by atoms with Gasteiger partial charge in [-0.25, -0.2) is 4.79 Å². The summed E-state index contributed by atoms with van der Waals surface area (Å²) < 4.78 is 15.4. The molecule has 0 N–H and O–H groups in total. The van der Waals surface area contributed by atoms with Gasteiger partial charge in [-0.15, -0.1) is 0 Å². The monoisotopic (exact) mass is 272 g/mol. The fourth-order valence-electron chi connectivity index (χ4n) is 2.05. The second-order valence-electron chi connectivity index (χ2n) is 5.72. The van der Waals surface area contributed by atoms with Gasteiger partial charge in [-0.1, -0.05) is 32.1 Å². The van der Waals surface area contributed by atoms with E-state index < -0.39 is 5.60 Å². The number of carbonyl (C=O) groups excluding carboxylic acids is 1. The molecule has 0 radical (unpaired) electrons. The minimum atomic E-state index is -0.820. The second kappa shape index (κ2) is 8.54. The van der Waals surface area contributed by atoms with Crippen LogP contribution in [-0.4, -0.2) is 38.0 Å². The van der Waals surface area contributed by atoms with Crippen molar-refractivity contribution in [2.75, 3.05) is 20.3 Å². The van der Waals surface area contributed by atoms with Crippen LogP contribution in [0.5, 0.6) is 0 Å². The Morgan fingerprint density at radius 1 is 1.16 bits per heavy atom. The average molecular weight is 272 g/mol. The van der Waals surface area contributed by atoms with Crippen molar-refractivity contribution in [2.24, 2.45) is 0 Å². The SMILES string of the molecule is COC(=O)C(C)(C)OCCCCCCCCC1CO1. The van der Waals surface area contributed by atoms with Crippen molar-refractivity contribution in [1.29, 1.82) is 0 Å². The van der Waals surface area contributed by atoms with E-state index in [2.05, 4.69) is 4.74 Å². The van der Waals surface area contributed by atoms with Gasteiger partial charge in [-0.05, 0) is 26.7 Å². The average Bonchev–Trinajstić information content (AvgIpc) is 3.19.